The van der Waals surface area contributed by atoms with Crippen molar-refractivity contribution in [1.82, 2.24) is 15.3 Å². The lowest BCUT2D eigenvalue weighted by atomic mass is 10.1. The molecule has 0 radical (unpaired) electrons. The fourth-order valence-corrected chi connectivity index (χ4v) is 3.97. The second kappa shape index (κ2) is 10.4. The zero-order chi connectivity index (χ0) is 21.5. The predicted molar refractivity (Wildman–Crippen MR) is 122 cm³/mol. The van der Waals surface area contributed by atoms with Crippen molar-refractivity contribution in [3.05, 3.63) is 82.8 Å². The SMILES string of the molecule is Cc1cc(CNCc2cccnc2N2CCOCC2)cc(C)c1OCc1ccccn1. The number of benzene rings is 1. The fraction of sp³-hybridized carbons (Fsp3) is 0.360. The summed E-state index contributed by atoms with van der Waals surface area (Å²) in [6.07, 6.45) is 3.66. The molecule has 0 aliphatic carbocycles. The summed E-state index contributed by atoms with van der Waals surface area (Å²) in [6.45, 7) is 9.55. The average molecular weight is 419 g/mol. The molecule has 4 rings (SSSR count). The number of morpholine rings is 1. The summed E-state index contributed by atoms with van der Waals surface area (Å²) in [5, 5.41) is 3.58. The number of nitrogens with zero attached hydrogens (tertiary/aromatic N) is 3. The first-order chi connectivity index (χ1) is 15.2. The zero-order valence-corrected chi connectivity index (χ0v) is 18.3. The summed E-state index contributed by atoms with van der Waals surface area (Å²) in [7, 11) is 0. The third-order valence-corrected chi connectivity index (χ3v) is 5.43. The van der Waals surface area contributed by atoms with Gasteiger partial charge in [-0.25, -0.2) is 4.98 Å². The van der Waals surface area contributed by atoms with Gasteiger partial charge in [-0.2, -0.15) is 0 Å². The van der Waals surface area contributed by atoms with Gasteiger partial charge in [0.25, 0.3) is 0 Å². The van der Waals surface area contributed by atoms with Crippen LogP contribution in [0.5, 0.6) is 5.75 Å². The van der Waals surface area contributed by atoms with Gasteiger partial charge in [0.2, 0.25) is 0 Å². The van der Waals surface area contributed by atoms with Gasteiger partial charge in [0.1, 0.15) is 18.2 Å². The van der Waals surface area contributed by atoms with Crippen molar-refractivity contribution in [2.75, 3.05) is 31.2 Å². The van der Waals surface area contributed by atoms with Crippen molar-refractivity contribution in [1.29, 1.82) is 0 Å². The first-order valence-corrected chi connectivity index (χ1v) is 10.8. The molecule has 0 saturated carbocycles. The minimum Gasteiger partial charge on any atom is -0.487 e. The molecular weight excluding hydrogens is 388 g/mol. The first-order valence-electron chi connectivity index (χ1n) is 10.8. The Morgan fingerprint density at radius 3 is 2.48 bits per heavy atom. The van der Waals surface area contributed by atoms with Gasteiger partial charge in [0.05, 0.1) is 18.9 Å². The second-order valence-corrected chi connectivity index (χ2v) is 7.86. The number of hydrogen-bond acceptors (Lipinski definition) is 6. The van der Waals surface area contributed by atoms with Crippen LogP contribution in [0.1, 0.15) is 27.9 Å². The van der Waals surface area contributed by atoms with E-state index < -0.39 is 0 Å². The zero-order valence-electron chi connectivity index (χ0n) is 18.3. The van der Waals surface area contributed by atoms with E-state index in [9.17, 15) is 0 Å². The topological polar surface area (TPSA) is 59.5 Å². The normalized spacial score (nSPS) is 13.9. The number of ether oxygens (including phenoxy) is 2. The molecule has 31 heavy (non-hydrogen) atoms. The van der Waals surface area contributed by atoms with E-state index in [0.29, 0.717) is 6.61 Å². The predicted octanol–water partition coefficient (Wildman–Crippen LogP) is 3.80. The molecule has 1 aliphatic heterocycles. The molecule has 6 nitrogen and oxygen atoms in total. The van der Waals surface area contributed by atoms with Crippen LogP contribution in [0.3, 0.4) is 0 Å². The molecule has 0 unspecified atom stereocenters. The van der Waals surface area contributed by atoms with Crippen molar-refractivity contribution in [3.63, 3.8) is 0 Å². The second-order valence-electron chi connectivity index (χ2n) is 7.86. The lowest BCUT2D eigenvalue weighted by Gasteiger charge is -2.29. The van der Waals surface area contributed by atoms with Gasteiger partial charge in [-0.05, 0) is 48.7 Å². The van der Waals surface area contributed by atoms with Crippen LogP contribution in [0.25, 0.3) is 0 Å². The molecule has 3 heterocycles. The summed E-state index contributed by atoms with van der Waals surface area (Å²) in [6, 6.07) is 14.4. The Hall–Kier alpha value is -2.96. The number of pyridine rings is 2. The van der Waals surface area contributed by atoms with Crippen molar-refractivity contribution >= 4 is 5.82 Å². The van der Waals surface area contributed by atoms with Gasteiger partial charge < -0.3 is 19.7 Å². The van der Waals surface area contributed by atoms with Gasteiger partial charge >= 0.3 is 0 Å². The van der Waals surface area contributed by atoms with E-state index in [1.54, 1.807) is 6.20 Å². The largest absolute Gasteiger partial charge is 0.487 e. The highest BCUT2D eigenvalue weighted by Crippen LogP contribution is 2.26. The lowest BCUT2D eigenvalue weighted by Crippen LogP contribution is -2.37. The third kappa shape index (κ3) is 5.60. The average Bonchev–Trinajstić information content (AvgIpc) is 2.80. The van der Waals surface area contributed by atoms with Gasteiger partial charge in [0, 0.05) is 44.1 Å². The van der Waals surface area contributed by atoms with E-state index in [0.717, 1.165) is 67.8 Å². The monoisotopic (exact) mass is 418 g/mol. The smallest absolute Gasteiger partial charge is 0.133 e. The lowest BCUT2D eigenvalue weighted by molar-refractivity contribution is 0.122. The van der Waals surface area contributed by atoms with E-state index in [2.05, 4.69) is 52.2 Å². The maximum Gasteiger partial charge on any atom is 0.133 e. The van der Waals surface area contributed by atoms with E-state index in [4.69, 9.17) is 9.47 Å². The highest BCUT2D eigenvalue weighted by atomic mass is 16.5. The summed E-state index contributed by atoms with van der Waals surface area (Å²) < 4.78 is 11.5. The standard InChI is InChI=1S/C25H30N4O2/c1-19-14-21(15-20(2)24(19)31-18-23-7-3-4-8-27-23)16-26-17-22-6-5-9-28-25(22)29-10-12-30-13-11-29/h3-9,14-15,26H,10-13,16-18H2,1-2H3. The summed E-state index contributed by atoms with van der Waals surface area (Å²) in [4.78, 5) is 11.3. The van der Waals surface area contributed by atoms with E-state index in [-0.39, 0.29) is 0 Å². The molecule has 1 N–H and O–H groups in total. The number of aryl methyl sites for hydroxylation is 2. The Morgan fingerprint density at radius 2 is 1.74 bits per heavy atom. The highest BCUT2D eigenvalue weighted by molar-refractivity contribution is 5.47. The van der Waals surface area contributed by atoms with E-state index in [1.807, 2.05) is 30.5 Å². The van der Waals surface area contributed by atoms with Crippen LogP contribution in [-0.4, -0.2) is 36.3 Å². The van der Waals surface area contributed by atoms with Crippen LogP contribution in [-0.2, 0) is 24.4 Å². The third-order valence-electron chi connectivity index (χ3n) is 5.43. The van der Waals surface area contributed by atoms with Crippen LogP contribution < -0.4 is 15.0 Å². The van der Waals surface area contributed by atoms with E-state index in [1.165, 1.54) is 11.1 Å². The molecule has 0 amide bonds. The Morgan fingerprint density at radius 1 is 0.968 bits per heavy atom. The number of anilines is 1. The quantitative estimate of drug-likeness (QED) is 0.601. The van der Waals surface area contributed by atoms with Gasteiger partial charge in [-0.3, -0.25) is 4.98 Å². The summed E-state index contributed by atoms with van der Waals surface area (Å²) in [5.41, 5.74) is 5.68. The van der Waals surface area contributed by atoms with Crippen molar-refractivity contribution in [2.24, 2.45) is 0 Å². The Kier molecular flexibility index (Phi) is 7.12. The minimum atomic E-state index is 0.478. The minimum absolute atomic E-state index is 0.478. The van der Waals surface area contributed by atoms with Gasteiger partial charge in [-0.15, -0.1) is 0 Å². The summed E-state index contributed by atoms with van der Waals surface area (Å²) >= 11 is 0. The Bertz CT molecular complexity index is 965. The van der Waals surface area contributed by atoms with E-state index >= 15 is 0 Å². The van der Waals surface area contributed by atoms with Gasteiger partial charge in [-0.1, -0.05) is 24.3 Å². The Labute approximate surface area is 184 Å². The molecule has 3 aromatic rings. The van der Waals surface area contributed by atoms with Crippen LogP contribution in [0.4, 0.5) is 5.82 Å². The molecule has 1 aromatic carbocycles. The maximum absolute atomic E-state index is 6.06. The number of aromatic nitrogens is 2. The van der Waals surface area contributed by atoms with Crippen molar-refractivity contribution < 1.29 is 9.47 Å². The molecule has 0 bridgehead atoms. The number of hydrogen-bond donors (Lipinski definition) is 1. The van der Waals surface area contributed by atoms with Crippen molar-refractivity contribution in [3.8, 4) is 5.75 Å². The molecule has 1 saturated heterocycles. The highest BCUT2D eigenvalue weighted by Gasteiger charge is 2.15. The first kappa shape index (κ1) is 21.3. The maximum atomic E-state index is 6.06. The molecular formula is C25H30N4O2. The van der Waals surface area contributed by atoms with Crippen LogP contribution in [0.2, 0.25) is 0 Å². The van der Waals surface area contributed by atoms with Crippen LogP contribution in [0, 0.1) is 13.8 Å². The number of nitrogens with one attached hydrogen (secondary N) is 1. The molecule has 1 aliphatic rings. The summed E-state index contributed by atoms with van der Waals surface area (Å²) in [5.74, 6) is 2.00. The van der Waals surface area contributed by atoms with Crippen LogP contribution >= 0.6 is 0 Å². The van der Waals surface area contributed by atoms with Crippen LogP contribution in [0.15, 0.2) is 54.9 Å². The Balaban J connectivity index is 1.36. The molecule has 2 aromatic heterocycles. The van der Waals surface area contributed by atoms with Crippen molar-refractivity contribution in [2.45, 2.75) is 33.5 Å². The molecule has 0 spiro atoms. The fourth-order valence-electron chi connectivity index (χ4n) is 3.97. The molecule has 6 heteroatoms. The number of rotatable bonds is 8. The molecule has 162 valence electrons. The van der Waals surface area contributed by atoms with Gasteiger partial charge in [0.15, 0.2) is 0 Å². The molecule has 0 atom stereocenters. The molecule has 1 fully saturated rings.